The zero-order valence-corrected chi connectivity index (χ0v) is 37.1. The van der Waals surface area contributed by atoms with Gasteiger partial charge < -0.3 is 23.8 Å². The van der Waals surface area contributed by atoms with Crippen molar-refractivity contribution in [1.82, 2.24) is 0 Å². The Hall–Kier alpha value is -2.45. The lowest BCUT2D eigenvalue weighted by Crippen LogP contribution is -2.50. The summed E-state index contributed by atoms with van der Waals surface area (Å²) in [7, 11) is 5.53. The molecule has 0 aliphatic heterocycles. The van der Waals surface area contributed by atoms with E-state index in [1.807, 2.05) is 21.1 Å². The van der Waals surface area contributed by atoms with Gasteiger partial charge in [-0.05, 0) is 32.1 Å². The molecule has 0 aliphatic carbocycles. The highest BCUT2D eigenvalue weighted by atomic mass is 16.6. The number of nitrogens with zero attached hydrogens (tertiary/aromatic N) is 1. The van der Waals surface area contributed by atoms with Crippen LogP contribution in [0.15, 0.2) is 36.5 Å². The Kier molecular flexibility index (Phi) is 37.7. The van der Waals surface area contributed by atoms with Crippen LogP contribution >= 0.6 is 0 Å². The normalized spacial score (nSPS) is 13.2. The Morgan fingerprint density at radius 3 is 1.46 bits per heavy atom. The first-order chi connectivity index (χ1) is 27.1. The predicted molar refractivity (Wildman–Crippen MR) is 234 cm³/mol. The molecular weight excluding hydrogens is 703 g/mol. The lowest BCUT2D eigenvalue weighted by molar-refractivity contribution is -0.887. The van der Waals surface area contributed by atoms with Crippen molar-refractivity contribution in [3.8, 4) is 0 Å². The van der Waals surface area contributed by atoms with E-state index in [1.54, 1.807) is 0 Å². The third-order valence-corrected chi connectivity index (χ3v) is 10.4. The van der Waals surface area contributed by atoms with E-state index in [1.165, 1.54) is 109 Å². The van der Waals surface area contributed by atoms with Crippen LogP contribution in [0.5, 0.6) is 0 Å². The summed E-state index contributed by atoms with van der Waals surface area (Å²) in [6, 6.07) is -0.615. The lowest BCUT2D eigenvalue weighted by atomic mass is 10.0. The van der Waals surface area contributed by atoms with E-state index >= 15 is 0 Å². The second-order valence-electron chi connectivity index (χ2n) is 16.7. The molecule has 56 heavy (non-hydrogen) atoms. The molecule has 0 aromatic heterocycles. The van der Waals surface area contributed by atoms with Gasteiger partial charge in [0.05, 0.1) is 34.4 Å². The number of ether oxygens (including phenoxy) is 3. The molecule has 2 atom stereocenters. The number of hydrogen-bond acceptors (Lipinski definition) is 6. The number of carbonyl (C=O) groups excluding carboxylic acids is 2. The number of carbonyl (C=O) groups is 3. The number of carboxylic acids is 1. The number of carboxylic acid groups (broad SMARTS) is 1. The molecule has 0 saturated heterocycles. The zero-order valence-electron chi connectivity index (χ0n) is 37.1. The summed E-state index contributed by atoms with van der Waals surface area (Å²) in [5.41, 5.74) is 0. The van der Waals surface area contributed by atoms with E-state index in [2.05, 4.69) is 50.3 Å². The first-order valence-electron chi connectivity index (χ1n) is 23.1. The van der Waals surface area contributed by atoms with Crippen molar-refractivity contribution >= 4 is 17.9 Å². The van der Waals surface area contributed by atoms with Crippen molar-refractivity contribution < 1.29 is 38.2 Å². The summed E-state index contributed by atoms with van der Waals surface area (Å²) in [5.74, 6) is -1.47. The molecule has 2 unspecified atom stereocenters. The topological polar surface area (TPSA) is 99.1 Å². The molecule has 0 rings (SSSR count). The van der Waals surface area contributed by atoms with E-state index in [-0.39, 0.29) is 36.2 Å². The van der Waals surface area contributed by atoms with E-state index < -0.39 is 18.1 Å². The highest BCUT2D eigenvalue weighted by molar-refractivity contribution is 5.72. The second-order valence-corrected chi connectivity index (χ2v) is 16.7. The van der Waals surface area contributed by atoms with Gasteiger partial charge in [0, 0.05) is 19.3 Å². The van der Waals surface area contributed by atoms with Crippen molar-refractivity contribution in [2.75, 3.05) is 41.0 Å². The Balaban J connectivity index is 4.30. The van der Waals surface area contributed by atoms with Crippen molar-refractivity contribution in [3.05, 3.63) is 36.5 Å². The number of likely N-dealkylation sites (N-methyl/N-ethyl adjacent to an activating group) is 1. The molecule has 0 heterocycles. The Bertz CT molecular complexity index is 1020. The standard InChI is InChI=1S/C48H87NO7/c1-6-8-10-12-14-16-18-20-22-23-25-26-28-30-32-34-36-38-46(50)55-43-44(42-54-41-40-45(48(52)53)49(3,4)5)56-47(51)39-37-35-33-31-29-27-24-21-19-17-15-13-11-9-7-2/h9,11,13,15,17,19,44-45H,6-8,10,12,14,16,18,20-43H2,1-5H3/p+1/b11-9+,15-13+,19-17+. The van der Waals surface area contributed by atoms with E-state index in [4.69, 9.17) is 14.2 Å². The summed E-state index contributed by atoms with van der Waals surface area (Å²) in [4.78, 5) is 37.0. The summed E-state index contributed by atoms with van der Waals surface area (Å²) < 4.78 is 17.3. The van der Waals surface area contributed by atoms with Crippen LogP contribution in [-0.4, -0.2) is 80.6 Å². The minimum atomic E-state index is -0.876. The molecule has 0 amide bonds. The number of unbranched alkanes of at least 4 members (excludes halogenated alkanes) is 23. The smallest absolute Gasteiger partial charge is 0.362 e. The van der Waals surface area contributed by atoms with Crippen molar-refractivity contribution in [2.45, 2.75) is 212 Å². The Morgan fingerprint density at radius 1 is 0.554 bits per heavy atom. The first kappa shape index (κ1) is 53.6. The number of aliphatic carboxylic acids is 1. The van der Waals surface area contributed by atoms with Gasteiger partial charge in [-0.15, -0.1) is 0 Å². The lowest BCUT2D eigenvalue weighted by Gasteiger charge is -2.31. The molecule has 1 N–H and O–H groups in total. The molecule has 0 aromatic carbocycles. The van der Waals surface area contributed by atoms with Crippen molar-refractivity contribution in [1.29, 1.82) is 0 Å². The molecule has 0 radical (unpaired) electrons. The Labute approximate surface area is 344 Å². The van der Waals surface area contributed by atoms with Gasteiger partial charge in [0.15, 0.2) is 12.1 Å². The van der Waals surface area contributed by atoms with Crippen LogP contribution in [0.4, 0.5) is 0 Å². The van der Waals surface area contributed by atoms with Crippen LogP contribution in [-0.2, 0) is 28.6 Å². The molecular formula is C48H88NO7+. The molecule has 0 spiro atoms. The van der Waals surface area contributed by atoms with Crippen LogP contribution in [0.2, 0.25) is 0 Å². The third-order valence-electron chi connectivity index (χ3n) is 10.4. The Morgan fingerprint density at radius 2 is 1.00 bits per heavy atom. The number of hydrogen-bond donors (Lipinski definition) is 1. The van der Waals surface area contributed by atoms with E-state index in [9.17, 15) is 19.5 Å². The van der Waals surface area contributed by atoms with Gasteiger partial charge in [-0.2, -0.15) is 0 Å². The maximum absolute atomic E-state index is 12.7. The fourth-order valence-corrected chi connectivity index (χ4v) is 6.80. The third kappa shape index (κ3) is 37.1. The average Bonchev–Trinajstić information content (AvgIpc) is 3.15. The summed E-state index contributed by atoms with van der Waals surface area (Å²) in [6.45, 7) is 4.61. The van der Waals surface area contributed by atoms with Crippen LogP contribution in [0.25, 0.3) is 0 Å². The average molecular weight is 791 g/mol. The molecule has 8 heteroatoms. The van der Waals surface area contributed by atoms with E-state index in [0.717, 1.165) is 57.8 Å². The highest BCUT2D eigenvalue weighted by Gasteiger charge is 2.31. The van der Waals surface area contributed by atoms with Gasteiger partial charge in [-0.1, -0.05) is 185 Å². The van der Waals surface area contributed by atoms with Crippen LogP contribution in [0.3, 0.4) is 0 Å². The van der Waals surface area contributed by atoms with Gasteiger partial charge in [-0.25, -0.2) is 4.79 Å². The van der Waals surface area contributed by atoms with Crippen molar-refractivity contribution in [3.63, 3.8) is 0 Å². The molecule has 0 saturated carbocycles. The fraction of sp³-hybridized carbons (Fsp3) is 0.812. The number of quaternary nitrogens is 1. The largest absolute Gasteiger partial charge is 0.477 e. The van der Waals surface area contributed by atoms with Gasteiger partial charge in [-0.3, -0.25) is 9.59 Å². The second kappa shape index (κ2) is 39.4. The monoisotopic (exact) mass is 791 g/mol. The van der Waals surface area contributed by atoms with Crippen LogP contribution in [0, 0.1) is 0 Å². The minimum Gasteiger partial charge on any atom is -0.477 e. The molecule has 0 aromatic rings. The highest BCUT2D eigenvalue weighted by Crippen LogP contribution is 2.16. The molecule has 0 aliphatic rings. The number of esters is 2. The molecule has 0 bridgehead atoms. The first-order valence-corrected chi connectivity index (χ1v) is 23.1. The fourth-order valence-electron chi connectivity index (χ4n) is 6.80. The van der Waals surface area contributed by atoms with Crippen LogP contribution < -0.4 is 0 Å². The van der Waals surface area contributed by atoms with Crippen LogP contribution in [0.1, 0.15) is 200 Å². The summed E-state index contributed by atoms with van der Waals surface area (Å²) in [5, 5.41) is 9.62. The zero-order chi connectivity index (χ0) is 41.4. The van der Waals surface area contributed by atoms with Gasteiger partial charge in [0.25, 0.3) is 0 Å². The van der Waals surface area contributed by atoms with Gasteiger partial charge >= 0.3 is 17.9 Å². The van der Waals surface area contributed by atoms with Gasteiger partial charge in [0.1, 0.15) is 6.61 Å². The molecule has 326 valence electrons. The van der Waals surface area contributed by atoms with Crippen molar-refractivity contribution in [2.24, 2.45) is 0 Å². The molecule has 8 nitrogen and oxygen atoms in total. The maximum Gasteiger partial charge on any atom is 0.362 e. The van der Waals surface area contributed by atoms with E-state index in [0.29, 0.717) is 19.3 Å². The minimum absolute atomic E-state index is 0.0530. The predicted octanol–water partition coefficient (Wildman–Crippen LogP) is 12.6. The quantitative estimate of drug-likeness (QED) is 0.0285. The van der Waals surface area contributed by atoms with Gasteiger partial charge in [0.2, 0.25) is 0 Å². The number of allylic oxidation sites excluding steroid dienone is 6. The number of rotatable bonds is 41. The SMILES string of the molecule is CC/C=C/C=C/C=C/CCCCCCCCCC(=O)OC(COCCC(C(=O)O)[N+](C)(C)C)COC(=O)CCCCCCCCCCCCCCCCCCC. The molecule has 0 fully saturated rings. The summed E-state index contributed by atoms with van der Waals surface area (Å²) in [6.07, 6.45) is 44.7. The maximum atomic E-state index is 12.7. The summed E-state index contributed by atoms with van der Waals surface area (Å²) >= 11 is 0.